The summed E-state index contributed by atoms with van der Waals surface area (Å²) < 4.78 is 83.3. The van der Waals surface area contributed by atoms with Crippen molar-refractivity contribution >= 4 is 5.57 Å². The highest BCUT2D eigenvalue weighted by Crippen LogP contribution is 2.51. The summed E-state index contributed by atoms with van der Waals surface area (Å²) in [7, 11) is 0. The van der Waals surface area contributed by atoms with Crippen molar-refractivity contribution in [3.05, 3.63) is 112 Å². The van der Waals surface area contributed by atoms with Crippen LogP contribution in [0.25, 0.3) is 39.0 Å². The molecule has 4 nitrogen and oxygen atoms in total. The van der Waals surface area contributed by atoms with E-state index < -0.39 is 29.1 Å². The summed E-state index contributed by atoms with van der Waals surface area (Å²) in [5, 5.41) is 39.4. The van der Waals surface area contributed by atoms with Crippen LogP contribution in [0.3, 0.4) is 0 Å². The summed E-state index contributed by atoms with van der Waals surface area (Å²) in [6, 6.07) is 21.6. The van der Waals surface area contributed by atoms with E-state index in [0.717, 1.165) is 12.1 Å². The highest BCUT2D eigenvalue weighted by molar-refractivity contribution is 6.07. The fourth-order valence-corrected chi connectivity index (χ4v) is 5.17. The number of hydrogen-bond acceptors (Lipinski definition) is 4. The van der Waals surface area contributed by atoms with E-state index in [-0.39, 0.29) is 61.2 Å². The zero-order valence-electron chi connectivity index (χ0n) is 21.0. The molecule has 4 aromatic carbocycles. The first kappa shape index (κ1) is 27.7. The lowest BCUT2D eigenvalue weighted by molar-refractivity contribution is -0.137. The Kier molecular flexibility index (Phi) is 6.58. The van der Waals surface area contributed by atoms with Crippen LogP contribution in [0, 0.1) is 45.3 Å². The first-order valence-electron chi connectivity index (χ1n) is 12.0. The summed E-state index contributed by atoms with van der Waals surface area (Å²) in [6.45, 7) is 0. The topological polar surface area (TPSA) is 95.2 Å². The van der Waals surface area contributed by atoms with E-state index >= 15 is 0 Å². The summed E-state index contributed by atoms with van der Waals surface area (Å²) in [4.78, 5) is 0. The molecule has 0 radical (unpaired) electrons. The molecule has 42 heavy (non-hydrogen) atoms. The molecule has 0 aromatic heterocycles. The minimum absolute atomic E-state index is 0.0320. The van der Waals surface area contributed by atoms with Gasteiger partial charge in [0.2, 0.25) is 0 Å². The first-order chi connectivity index (χ1) is 19.9. The Hall–Kier alpha value is -5.84. The minimum Gasteiger partial charge on any atom is -0.192 e. The quantitative estimate of drug-likeness (QED) is 0.158. The lowest BCUT2D eigenvalue weighted by atomic mass is 9.90. The lowest BCUT2D eigenvalue weighted by Crippen LogP contribution is -2.07. The number of nitriles is 4. The van der Waals surface area contributed by atoms with E-state index in [1.54, 1.807) is 12.1 Å². The van der Waals surface area contributed by atoms with Gasteiger partial charge < -0.3 is 0 Å². The molecule has 0 saturated heterocycles. The smallest absolute Gasteiger partial charge is 0.192 e. The normalized spacial score (nSPS) is 11.9. The second-order valence-electron chi connectivity index (χ2n) is 9.17. The molecule has 4 aromatic rings. The Labute approximate surface area is 234 Å². The molecular weight excluding hydrogens is 554 g/mol. The van der Waals surface area contributed by atoms with Gasteiger partial charge in [0.25, 0.3) is 0 Å². The third-order valence-electron chi connectivity index (χ3n) is 6.90. The molecule has 202 valence electrons. The van der Waals surface area contributed by atoms with Crippen LogP contribution in [0.1, 0.15) is 33.4 Å². The number of alkyl halides is 6. The summed E-state index contributed by atoms with van der Waals surface area (Å²) in [5.74, 6) is 0. The van der Waals surface area contributed by atoms with Gasteiger partial charge in [-0.25, -0.2) is 0 Å². The Morgan fingerprint density at radius 2 is 0.857 bits per heavy atom. The molecule has 1 aliphatic rings. The molecule has 0 spiro atoms. The van der Waals surface area contributed by atoms with Crippen molar-refractivity contribution < 1.29 is 26.3 Å². The van der Waals surface area contributed by atoms with Crippen LogP contribution >= 0.6 is 0 Å². The molecule has 0 bridgehead atoms. The maximum atomic E-state index is 13.9. The fraction of sp³-hybridized carbons (Fsp3) is 0.0625. The second kappa shape index (κ2) is 9.97. The van der Waals surface area contributed by atoms with Gasteiger partial charge in [0.05, 0.1) is 34.4 Å². The van der Waals surface area contributed by atoms with E-state index in [1.165, 1.54) is 60.7 Å². The number of benzene rings is 4. The summed E-state index contributed by atoms with van der Waals surface area (Å²) in [6.07, 6.45) is -9.53. The number of hydrogen-bond donors (Lipinski definition) is 0. The van der Waals surface area contributed by atoms with E-state index in [4.69, 9.17) is 0 Å². The number of halogens is 6. The van der Waals surface area contributed by atoms with E-state index in [9.17, 15) is 47.4 Å². The lowest BCUT2D eigenvalue weighted by Gasteiger charge is -2.15. The number of rotatable bonds is 2. The zero-order valence-corrected chi connectivity index (χ0v) is 21.0. The molecule has 0 fully saturated rings. The van der Waals surface area contributed by atoms with Crippen LogP contribution in [-0.2, 0) is 12.4 Å². The highest BCUT2D eigenvalue weighted by atomic mass is 19.4. The van der Waals surface area contributed by atoms with Gasteiger partial charge >= 0.3 is 12.4 Å². The van der Waals surface area contributed by atoms with Crippen LogP contribution < -0.4 is 0 Å². The third kappa shape index (κ3) is 4.42. The van der Waals surface area contributed by atoms with Gasteiger partial charge in [-0.05, 0) is 69.8 Å². The van der Waals surface area contributed by atoms with Gasteiger partial charge in [-0.15, -0.1) is 0 Å². The maximum absolute atomic E-state index is 13.9. The second-order valence-corrected chi connectivity index (χ2v) is 9.17. The van der Waals surface area contributed by atoms with Crippen molar-refractivity contribution in [1.82, 2.24) is 0 Å². The molecule has 0 N–H and O–H groups in total. The first-order valence-corrected chi connectivity index (χ1v) is 12.0. The van der Waals surface area contributed by atoms with Crippen LogP contribution in [0.5, 0.6) is 0 Å². The Morgan fingerprint density at radius 1 is 0.476 bits per heavy atom. The van der Waals surface area contributed by atoms with E-state index in [0.29, 0.717) is 0 Å². The monoisotopic (exact) mass is 566 g/mol. The average Bonchev–Trinajstić information content (AvgIpc) is 3.27. The Bertz CT molecular complexity index is 1860. The molecule has 0 amide bonds. The molecule has 0 saturated carbocycles. The predicted molar refractivity (Wildman–Crippen MR) is 139 cm³/mol. The standard InChI is InChI=1S/C32H12F6N4/c33-31(34,35)28-7-3-1-5-20(28)22-11-26-24(9-17(22)13-39)25-10-18(14-40)23(12-27(25)30(26)19(15-41)16-42)21-6-2-4-8-29(21)32(36,37)38/h1-12H. The number of nitrogens with zero attached hydrogens (tertiary/aromatic N) is 4. The van der Waals surface area contributed by atoms with Crippen molar-refractivity contribution in [1.29, 1.82) is 21.0 Å². The molecule has 0 aliphatic heterocycles. The largest absolute Gasteiger partial charge is 0.417 e. The van der Waals surface area contributed by atoms with Crippen molar-refractivity contribution in [3.63, 3.8) is 0 Å². The van der Waals surface area contributed by atoms with Gasteiger partial charge in [-0.1, -0.05) is 36.4 Å². The third-order valence-corrected chi connectivity index (χ3v) is 6.90. The van der Waals surface area contributed by atoms with E-state index in [1.807, 2.05) is 12.1 Å². The van der Waals surface area contributed by atoms with Crippen LogP contribution in [0.4, 0.5) is 26.3 Å². The SMILES string of the molecule is N#CC(C#N)=C1c2cc(-c3ccccc3C(F)(F)F)c(C#N)cc2-c2cc(C#N)c(-c3ccccc3C(F)(F)F)cc21. The number of allylic oxidation sites excluding steroid dienone is 1. The molecule has 0 atom stereocenters. The predicted octanol–water partition coefficient (Wildman–Crippen LogP) is 8.63. The highest BCUT2D eigenvalue weighted by Gasteiger charge is 2.37. The maximum Gasteiger partial charge on any atom is 0.417 e. The minimum atomic E-state index is -4.77. The van der Waals surface area contributed by atoms with Gasteiger partial charge in [0.1, 0.15) is 17.7 Å². The Morgan fingerprint density at radius 3 is 1.19 bits per heavy atom. The molecule has 1 aliphatic carbocycles. The van der Waals surface area contributed by atoms with E-state index in [2.05, 4.69) is 0 Å². The average molecular weight is 566 g/mol. The van der Waals surface area contributed by atoms with Crippen LogP contribution in [0.15, 0.2) is 78.4 Å². The summed E-state index contributed by atoms with van der Waals surface area (Å²) in [5.41, 5.74) is -2.96. The van der Waals surface area contributed by atoms with Crippen LogP contribution in [0.2, 0.25) is 0 Å². The van der Waals surface area contributed by atoms with Gasteiger partial charge in [0.15, 0.2) is 0 Å². The van der Waals surface area contributed by atoms with Gasteiger partial charge in [-0.2, -0.15) is 47.4 Å². The van der Waals surface area contributed by atoms with Crippen molar-refractivity contribution in [2.75, 3.05) is 0 Å². The molecular formula is C32H12F6N4. The fourth-order valence-electron chi connectivity index (χ4n) is 5.17. The molecule has 0 unspecified atom stereocenters. The van der Waals surface area contributed by atoms with Crippen molar-refractivity contribution in [2.24, 2.45) is 0 Å². The molecule has 0 heterocycles. The van der Waals surface area contributed by atoms with Gasteiger partial charge in [-0.3, -0.25) is 0 Å². The summed E-state index contributed by atoms with van der Waals surface area (Å²) >= 11 is 0. The van der Waals surface area contributed by atoms with Crippen LogP contribution in [-0.4, -0.2) is 0 Å². The molecule has 10 heteroatoms. The zero-order chi connectivity index (χ0) is 30.4. The molecule has 5 rings (SSSR count). The van der Waals surface area contributed by atoms with Crippen molar-refractivity contribution in [3.8, 4) is 57.7 Å². The number of fused-ring (bicyclic) bond motifs is 3. The van der Waals surface area contributed by atoms with Gasteiger partial charge in [0, 0.05) is 16.7 Å². The Balaban J connectivity index is 1.88. The van der Waals surface area contributed by atoms with Crippen molar-refractivity contribution in [2.45, 2.75) is 12.4 Å².